The minimum absolute atomic E-state index is 0.295. The molecule has 0 heterocycles. The Hall–Kier alpha value is -0.840. The highest BCUT2D eigenvalue weighted by atomic mass is 31.1. The zero-order chi connectivity index (χ0) is 25.8. The average Bonchev–Trinajstić information content (AvgIpc) is 2.90. The van der Waals surface area contributed by atoms with Gasteiger partial charge in [0.05, 0.1) is 6.61 Å². The van der Waals surface area contributed by atoms with Crippen LogP contribution in [0.4, 0.5) is 0 Å². The third-order valence-corrected chi connectivity index (χ3v) is 7.34. The van der Waals surface area contributed by atoms with Gasteiger partial charge in [-0.05, 0) is 18.4 Å². The molecule has 5 nitrogen and oxygen atoms in total. The second kappa shape index (κ2) is 27.2. The van der Waals surface area contributed by atoms with Gasteiger partial charge in [0.2, 0.25) is 0 Å². The molecule has 2 N–H and O–H groups in total. The van der Waals surface area contributed by atoms with Crippen molar-refractivity contribution < 1.29 is 18.3 Å². The second-order valence-corrected chi connectivity index (χ2v) is 10.9. The molecule has 0 spiro atoms. The molecule has 1 atom stereocenters. The van der Waals surface area contributed by atoms with Crippen molar-refractivity contribution >= 4 is 8.25 Å². The maximum absolute atomic E-state index is 11.3. The molecule has 0 aliphatic heterocycles. The normalized spacial score (nSPS) is 11.8. The molecule has 1 unspecified atom stereocenters. The van der Waals surface area contributed by atoms with Crippen LogP contribution < -0.4 is 5.73 Å². The van der Waals surface area contributed by atoms with E-state index in [1.165, 1.54) is 115 Å². The van der Waals surface area contributed by atoms with E-state index < -0.39 is 8.25 Å². The molecule has 0 aliphatic carbocycles. The number of hydrogen-bond acceptors (Lipinski definition) is 5. The smallest absolute Gasteiger partial charge is 0.377 e. The van der Waals surface area contributed by atoms with E-state index in [1.54, 1.807) is 0 Å². The van der Waals surface area contributed by atoms with Gasteiger partial charge < -0.3 is 10.5 Å². The molecule has 1 aromatic rings. The number of hydrogen-bond donors (Lipinski definition) is 1. The molecule has 1 rings (SSSR count). The van der Waals surface area contributed by atoms with E-state index in [9.17, 15) is 4.57 Å². The Morgan fingerprint density at radius 2 is 0.917 bits per heavy atom. The average molecular weight is 525 g/mol. The molecule has 6 heteroatoms. The van der Waals surface area contributed by atoms with Gasteiger partial charge in [0, 0.05) is 17.7 Å². The van der Waals surface area contributed by atoms with E-state index in [1.807, 2.05) is 6.07 Å². The Labute approximate surface area is 223 Å². The minimum Gasteiger partial charge on any atom is -0.377 e. The SMILES string of the molecule is NCCO[P+](=O)OCCCCCCCCCCCCCCCCCCCCCOCc1ccccc1. The highest BCUT2D eigenvalue weighted by molar-refractivity contribution is 7.33. The van der Waals surface area contributed by atoms with Crippen LogP contribution in [0.15, 0.2) is 30.3 Å². The summed E-state index contributed by atoms with van der Waals surface area (Å²) in [4.78, 5) is 0. The van der Waals surface area contributed by atoms with Crippen LogP contribution in [0, 0.1) is 0 Å². The number of unbranched alkanes of at least 4 members (excludes halogenated alkanes) is 18. The topological polar surface area (TPSA) is 70.8 Å². The highest BCUT2D eigenvalue weighted by Crippen LogP contribution is 2.23. The lowest BCUT2D eigenvalue weighted by Crippen LogP contribution is -2.05. The maximum atomic E-state index is 11.3. The molecule has 208 valence electrons. The lowest BCUT2D eigenvalue weighted by molar-refractivity contribution is 0.116. The summed E-state index contributed by atoms with van der Waals surface area (Å²) in [5, 5.41) is 0. The zero-order valence-electron chi connectivity index (χ0n) is 23.0. The molecule has 1 aromatic carbocycles. The van der Waals surface area contributed by atoms with Crippen LogP contribution in [0.3, 0.4) is 0 Å². The summed E-state index contributed by atoms with van der Waals surface area (Å²) in [5.74, 6) is 0. The van der Waals surface area contributed by atoms with E-state index in [-0.39, 0.29) is 0 Å². The van der Waals surface area contributed by atoms with Gasteiger partial charge in [-0.3, -0.25) is 0 Å². The number of benzene rings is 1. The van der Waals surface area contributed by atoms with E-state index in [0.717, 1.165) is 26.1 Å². The van der Waals surface area contributed by atoms with Crippen LogP contribution >= 0.6 is 8.25 Å². The van der Waals surface area contributed by atoms with Crippen LogP contribution in [0.5, 0.6) is 0 Å². The van der Waals surface area contributed by atoms with Crippen LogP contribution in [0.2, 0.25) is 0 Å². The molecule has 0 bridgehead atoms. The summed E-state index contributed by atoms with van der Waals surface area (Å²) in [6.07, 6.45) is 25.3. The van der Waals surface area contributed by atoms with Gasteiger partial charge in [-0.15, -0.1) is 9.05 Å². The summed E-state index contributed by atoms with van der Waals surface area (Å²) < 4.78 is 27.1. The fourth-order valence-corrected chi connectivity index (χ4v) is 4.99. The first kappa shape index (κ1) is 33.2. The van der Waals surface area contributed by atoms with E-state index in [0.29, 0.717) is 19.8 Å². The van der Waals surface area contributed by atoms with Crippen molar-refractivity contribution in [1.29, 1.82) is 0 Å². The van der Waals surface area contributed by atoms with Crippen molar-refractivity contribution in [2.75, 3.05) is 26.4 Å². The van der Waals surface area contributed by atoms with Gasteiger partial charge in [-0.1, -0.05) is 139 Å². The molecule has 0 saturated carbocycles. The van der Waals surface area contributed by atoms with Gasteiger partial charge in [0.25, 0.3) is 0 Å². The zero-order valence-corrected chi connectivity index (χ0v) is 23.9. The monoisotopic (exact) mass is 524 g/mol. The Balaban J connectivity index is 1.65. The maximum Gasteiger partial charge on any atom is 0.697 e. The first-order chi connectivity index (χ1) is 17.8. The summed E-state index contributed by atoms with van der Waals surface area (Å²) in [5.41, 5.74) is 6.56. The van der Waals surface area contributed by atoms with Gasteiger partial charge in [-0.2, -0.15) is 0 Å². The second-order valence-electron chi connectivity index (χ2n) is 9.93. The van der Waals surface area contributed by atoms with Crippen molar-refractivity contribution in [2.45, 2.75) is 129 Å². The number of nitrogens with two attached hydrogens (primary N) is 1. The van der Waals surface area contributed by atoms with Gasteiger partial charge in [0.1, 0.15) is 13.2 Å². The lowest BCUT2D eigenvalue weighted by Gasteiger charge is -2.05. The van der Waals surface area contributed by atoms with Crippen LogP contribution in [0.1, 0.15) is 128 Å². The summed E-state index contributed by atoms with van der Waals surface area (Å²) in [6, 6.07) is 10.4. The lowest BCUT2D eigenvalue weighted by atomic mass is 10.0. The van der Waals surface area contributed by atoms with Crippen molar-refractivity contribution in [3.05, 3.63) is 35.9 Å². The third-order valence-electron chi connectivity index (χ3n) is 6.56. The van der Waals surface area contributed by atoms with Crippen molar-refractivity contribution in [1.82, 2.24) is 0 Å². The molecule has 0 saturated heterocycles. The van der Waals surface area contributed by atoms with Crippen LogP contribution in [-0.4, -0.2) is 26.4 Å². The molecular weight excluding hydrogens is 469 g/mol. The highest BCUT2D eigenvalue weighted by Gasteiger charge is 2.18. The van der Waals surface area contributed by atoms with Crippen molar-refractivity contribution in [2.24, 2.45) is 5.73 Å². The Morgan fingerprint density at radius 3 is 1.36 bits per heavy atom. The Kier molecular flexibility index (Phi) is 25.1. The molecule has 0 aliphatic rings. The van der Waals surface area contributed by atoms with Crippen LogP contribution in [-0.2, 0) is 25.0 Å². The Morgan fingerprint density at radius 1 is 0.528 bits per heavy atom. The molecule has 0 fully saturated rings. The Bertz CT molecular complexity index is 588. The predicted molar refractivity (Wildman–Crippen MR) is 152 cm³/mol. The number of rotatable bonds is 28. The van der Waals surface area contributed by atoms with Gasteiger partial charge in [0.15, 0.2) is 0 Å². The molecule has 0 aromatic heterocycles. The first-order valence-corrected chi connectivity index (χ1v) is 16.0. The van der Waals surface area contributed by atoms with Gasteiger partial charge in [-0.25, -0.2) is 0 Å². The first-order valence-electron chi connectivity index (χ1n) is 14.9. The molecule has 0 amide bonds. The fraction of sp³-hybridized carbons (Fsp3) is 0.800. The van der Waals surface area contributed by atoms with E-state index >= 15 is 0 Å². The molecule has 0 radical (unpaired) electrons. The van der Waals surface area contributed by atoms with Gasteiger partial charge >= 0.3 is 8.25 Å². The van der Waals surface area contributed by atoms with Crippen molar-refractivity contribution in [3.63, 3.8) is 0 Å². The van der Waals surface area contributed by atoms with E-state index in [2.05, 4.69) is 24.3 Å². The fourth-order valence-electron chi connectivity index (χ4n) is 4.38. The largest absolute Gasteiger partial charge is 0.697 e. The minimum atomic E-state index is -1.97. The predicted octanol–water partition coefficient (Wildman–Crippen LogP) is 9.26. The quantitative estimate of drug-likeness (QED) is 0.0873. The summed E-state index contributed by atoms with van der Waals surface area (Å²) in [7, 11) is -1.97. The molecular formula is C30H55NO4P+. The van der Waals surface area contributed by atoms with Crippen molar-refractivity contribution in [3.8, 4) is 0 Å². The van der Waals surface area contributed by atoms with Crippen LogP contribution in [0.25, 0.3) is 0 Å². The standard InChI is InChI=1S/C30H55NO4P/c31-25-28-35-36(32)34-27-22-17-15-13-11-9-7-5-3-1-2-4-6-8-10-12-14-16-21-26-33-29-30-23-19-18-20-24-30/h18-20,23-24H,1-17,21-22,25-29,31H2/q+1. The summed E-state index contributed by atoms with van der Waals surface area (Å²) in [6.45, 7) is 2.83. The molecule has 36 heavy (non-hydrogen) atoms. The summed E-state index contributed by atoms with van der Waals surface area (Å²) >= 11 is 0. The third kappa shape index (κ3) is 23.6. The number of ether oxygens (including phenoxy) is 1. The van der Waals surface area contributed by atoms with E-state index in [4.69, 9.17) is 19.5 Å².